The molecule has 0 radical (unpaired) electrons. The minimum atomic E-state index is 0.175. The smallest absolute Gasteiger partial charge is 0.127 e. The van der Waals surface area contributed by atoms with Crippen LogP contribution in [-0.2, 0) is 0 Å². The van der Waals surface area contributed by atoms with Crippen LogP contribution in [0.2, 0.25) is 0 Å². The minimum Gasteiger partial charge on any atom is -0.491 e. The zero-order valence-corrected chi connectivity index (χ0v) is 17.8. The van der Waals surface area contributed by atoms with Crippen LogP contribution in [0, 0.1) is 6.92 Å². The van der Waals surface area contributed by atoms with Gasteiger partial charge in [-0.3, -0.25) is 0 Å². The van der Waals surface area contributed by atoms with Gasteiger partial charge in [-0.25, -0.2) is 0 Å². The lowest BCUT2D eigenvalue weighted by atomic mass is 10.1. The first kappa shape index (κ1) is 21.3. The van der Waals surface area contributed by atoms with E-state index in [1.807, 2.05) is 48.5 Å². The van der Waals surface area contributed by atoms with Crippen LogP contribution in [0.4, 0.5) is 0 Å². The van der Waals surface area contributed by atoms with E-state index in [0.29, 0.717) is 6.04 Å². The normalized spacial score (nSPS) is 17.8. The molecule has 29 heavy (non-hydrogen) atoms. The van der Waals surface area contributed by atoms with Crippen molar-refractivity contribution in [1.29, 1.82) is 0 Å². The Hall–Kier alpha value is -2.46. The highest BCUT2D eigenvalue weighted by Crippen LogP contribution is 2.27. The number of allylic oxidation sites excluding steroid dienone is 1. The molecular weight excluding hydrogens is 360 g/mol. The standard InChI is InChI=1S/C25H34N2O2/c1-19-8-10-24(11-9-19)29-25-14-12-23(13-15-25)28-21(3)18-22-7-5-17-27(22)16-4-6-20(2)26/h8-15,21-22H,2,4-7,16-18,26H2,1,3H3/t21-,22?/m1/s1. The second-order valence-corrected chi connectivity index (χ2v) is 8.14. The van der Waals surface area contributed by atoms with Crippen molar-refractivity contribution in [3.05, 3.63) is 66.4 Å². The van der Waals surface area contributed by atoms with Crippen molar-refractivity contribution in [2.24, 2.45) is 5.73 Å². The number of likely N-dealkylation sites (tertiary alicyclic amines) is 1. The van der Waals surface area contributed by atoms with Gasteiger partial charge in [0.1, 0.15) is 17.2 Å². The lowest BCUT2D eigenvalue weighted by Gasteiger charge is -2.27. The van der Waals surface area contributed by atoms with E-state index in [1.165, 1.54) is 24.9 Å². The molecule has 0 aromatic heterocycles. The molecule has 1 heterocycles. The number of nitrogens with zero attached hydrogens (tertiary/aromatic N) is 1. The summed E-state index contributed by atoms with van der Waals surface area (Å²) in [6.07, 6.45) is 5.74. The van der Waals surface area contributed by atoms with Crippen molar-refractivity contribution in [2.45, 2.75) is 58.1 Å². The molecule has 0 saturated carbocycles. The van der Waals surface area contributed by atoms with Crippen LogP contribution in [-0.4, -0.2) is 30.1 Å². The Morgan fingerprint density at radius 1 is 1.10 bits per heavy atom. The summed E-state index contributed by atoms with van der Waals surface area (Å²) < 4.78 is 12.1. The van der Waals surface area contributed by atoms with E-state index in [2.05, 4.69) is 25.3 Å². The van der Waals surface area contributed by atoms with Crippen molar-refractivity contribution in [3.8, 4) is 17.2 Å². The number of nitrogens with two attached hydrogens (primary N) is 1. The predicted octanol–water partition coefficient (Wildman–Crippen LogP) is 5.66. The molecule has 0 bridgehead atoms. The van der Waals surface area contributed by atoms with Crippen LogP contribution in [0.25, 0.3) is 0 Å². The van der Waals surface area contributed by atoms with Gasteiger partial charge in [0, 0.05) is 11.7 Å². The van der Waals surface area contributed by atoms with Crippen LogP contribution in [0.1, 0.15) is 44.6 Å². The van der Waals surface area contributed by atoms with Gasteiger partial charge in [-0.05, 0) is 95.4 Å². The first-order valence-corrected chi connectivity index (χ1v) is 10.7. The average Bonchev–Trinajstić information content (AvgIpc) is 3.11. The van der Waals surface area contributed by atoms with E-state index in [9.17, 15) is 0 Å². The molecule has 0 amide bonds. The second-order valence-electron chi connectivity index (χ2n) is 8.14. The number of rotatable bonds is 10. The second kappa shape index (κ2) is 10.4. The molecule has 1 saturated heterocycles. The summed E-state index contributed by atoms with van der Waals surface area (Å²) in [6.45, 7) is 10.3. The van der Waals surface area contributed by atoms with E-state index < -0.39 is 0 Å². The van der Waals surface area contributed by atoms with Crippen LogP contribution in [0.15, 0.2) is 60.8 Å². The third-order valence-electron chi connectivity index (χ3n) is 5.46. The lowest BCUT2D eigenvalue weighted by Crippen LogP contribution is -2.34. The largest absolute Gasteiger partial charge is 0.491 e. The maximum absolute atomic E-state index is 6.17. The van der Waals surface area contributed by atoms with Crippen molar-refractivity contribution >= 4 is 0 Å². The summed E-state index contributed by atoms with van der Waals surface area (Å²) in [7, 11) is 0. The monoisotopic (exact) mass is 394 g/mol. The van der Waals surface area contributed by atoms with Crippen LogP contribution in [0.5, 0.6) is 17.2 Å². The molecule has 156 valence electrons. The summed E-state index contributed by atoms with van der Waals surface area (Å²) in [5, 5.41) is 0. The summed E-state index contributed by atoms with van der Waals surface area (Å²) in [6, 6.07) is 16.6. The third-order valence-corrected chi connectivity index (χ3v) is 5.46. The van der Waals surface area contributed by atoms with E-state index in [4.69, 9.17) is 15.2 Å². The van der Waals surface area contributed by atoms with Gasteiger partial charge in [-0.15, -0.1) is 0 Å². The Labute approximate surface area is 175 Å². The number of benzene rings is 2. The first-order valence-electron chi connectivity index (χ1n) is 10.7. The molecule has 1 unspecified atom stereocenters. The zero-order chi connectivity index (χ0) is 20.6. The van der Waals surface area contributed by atoms with Gasteiger partial charge in [-0.2, -0.15) is 0 Å². The highest BCUT2D eigenvalue weighted by atomic mass is 16.5. The van der Waals surface area contributed by atoms with E-state index in [0.717, 1.165) is 48.8 Å². The Kier molecular flexibility index (Phi) is 7.59. The fourth-order valence-electron chi connectivity index (χ4n) is 3.96. The molecule has 3 rings (SSSR count). The van der Waals surface area contributed by atoms with Crippen molar-refractivity contribution in [2.75, 3.05) is 13.1 Å². The van der Waals surface area contributed by atoms with Crippen molar-refractivity contribution in [3.63, 3.8) is 0 Å². The number of hydrogen-bond donors (Lipinski definition) is 1. The molecule has 0 spiro atoms. The Balaban J connectivity index is 1.46. The molecule has 1 fully saturated rings. The van der Waals surface area contributed by atoms with E-state index in [1.54, 1.807) is 0 Å². The summed E-state index contributed by atoms with van der Waals surface area (Å²) in [5.74, 6) is 2.55. The van der Waals surface area contributed by atoms with Crippen molar-refractivity contribution in [1.82, 2.24) is 4.90 Å². The van der Waals surface area contributed by atoms with Crippen LogP contribution < -0.4 is 15.2 Å². The summed E-state index contributed by atoms with van der Waals surface area (Å²) >= 11 is 0. The van der Waals surface area contributed by atoms with E-state index >= 15 is 0 Å². The van der Waals surface area contributed by atoms with Gasteiger partial charge >= 0.3 is 0 Å². The third kappa shape index (κ3) is 6.82. The maximum Gasteiger partial charge on any atom is 0.127 e. The van der Waals surface area contributed by atoms with Gasteiger partial charge in [-0.1, -0.05) is 24.3 Å². The average molecular weight is 395 g/mol. The molecule has 1 aliphatic heterocycles. The molecule has 2 aromatic carbocycles. The summed E-state index contributed by atoms with van der Waals surface area (Å²) in [5.41, 5.74) is 7.70. The van der Waals surface area contributed by atoms with Crippen molar-refractivity contribution < 1.29 is 9.47 Å². The minimum absolute atomic E-state index is 0.175. The van der Waals surface area contributed by atoms with Gasteiger partial charge in [0.25, 0.3) is 0 Å². The first-order chi connectivity index (χ1) is 14.0. The molecule has 1 aliphatic rings. The topological polar surface area (TPSA) is 47.7 Å². The molecule has 4 heteroatoms. The Morgan fingerprint density at radius 3 is 2.38 bits per heavy atom. The lowest BCUT2D eigenvalue weighted by molar-refractivity contribution is 0.151. The fourth-order valence-corrected chi connectivity index (χ4v) is 3.96. The molecule has 2 N–H and O–H groups in total. The molecule has 0 aliphatic carbocycles. The SMILES string of the molecule is C=C(N)CCCN1CCCC1C[C@@H](C)Oc1ccc(Oc2ccc(C)cc2)cc1. The Morgan fingerprint density at radius 2 is 1.72 bits per heavy atom. The highest BCUT2D eigenvalue weighted by molar-refractivity contribution is 5.36. The number of aryl methyl sites for hydroxylation is 1. The maximum atomic E-state index is 6.17. The van der Waals surface area contributed by atoms with Crippen LogP contribution in [0.3, 0.4) is 0 Å². The van der Waals surface area contributed by atoms with E-state index in [-0.39, 0.29) is 6.10 Å². The molecular formula is C25H34N2O2. The number of ether oxygens (including phenoxy) is 2. The van der Waals surface area contributed by atoms with Gasteiger partial charge in [0.05, 0.1) is 6.10 Å². The molecule has 2 atom stereocenters. The number of hydrogen-bond acceptors (Lipinski definition) is 4. The Bertz CT molecular complexity index is 770. The molecule has 2 aromatic rings. The highest BCUT2D eigenvalue weighted by Gasteiger charge is 2.26. The zero-order valence-electron chi connectivity index (χ0n) is 17.8. The quantitative estimate of drug-likeness (QED) is 0.565. The van der Waals surface area contributed by atoms with Crippen LogP contribution >= 0.6 is 0 Å². The fraction of sp³-hybridized carbons (Fsp3) is 0.440. The van der Waals surface area contributed by atoms with Gasteiger partial charge in [0.2, 0.25) is 0 Å². The summed E-state index contributed by atoms with van der Waals surface area (Å²) in [4.78, 5) is 2.58. The van der Waals surface area contributed by atoms with Gasteiger partial charge < -0.3 is 20.1 Å². The predicted molar refractivity (Wildman–Crippen MR) is 120 cm³/mol. The van der Waals surface area contributed by atoms with Gasteiger partial charge in [0.15, 0.2) is 0 Å². The molecule has 4 nitrogen and oxygen atoms in total.